The second-order valence-electron chi connectivity index (χ2n) is 10.7. The first-order chi connectivity index (χ1) is 21.5. The number of ether oxygens (including phenoxy) is 1. The van der Waals surface area contributed by atoms with Crippen LogP contribution in [0.15, 0.2) is 82.5 Å². The molecule has 3 N–H and O–H groups in total. The Hall–Kier alpha value is -5.09. The second kappa shape index (κ2) is 12.3. The number of allylic oxidation sites excluding steroid dienone is 4. The van der Waals surface area contributed by atoms with E-state index in [2.05, 4.69) is 57.7 Å². The molecule has 0 amide bonds. The van der Waals surface area contributed by atoms with Crippen molar-refractivity contribution in [3.63, 3.8) is 0 Å². The van der Waals surface area contributed by atoms with Gasteiger partial charge in [0.2, 0.25) is 0 Å². The highest BCUT2D eigenvalue weighted by molar-refractivity contribution is 5.85. The number of pyridine rings is 2. The van der Waals surface area contributed by atoms with E-state index in [1.165, 1.54) is 7.11 Å². The fourth-order valence-corrected chi connectivity index (χ4v) is 5.65. The molecule has 1 fully saturated rings. The smallest absolute Gasteiger partial charge is 0.271 e. The quantitative estimate of drug-likeness (QED) is 0.247. The molecule has 2 aliphatic rings. The van der Waals surface area contributed by atoms with E-state index >= 15 is 0 Å². The third-order valence-electron chi connectivity index (χ3n) is 7.85. The maximum Gasteiger partial charge on any atom is 0.271 e. The van der Waals surface area contributed by atoms with E-state index in [-0.39, 0.29) is 11.8 Å². The van der Waals surface area contributed by atoms with Crippen LogP contribution in [-0.4, -0.2) is 50.7 Å². The van der Waals surface area contributed by atoms with Gasteiger partial charge in [0, 0.05) is 31.5 Å². The molecule has 7 rings (SSSR count). The number of hydrogen-bond acceptors (Lipinski definition) is 9. The first-order valence-electron chi connectivity index (χ1n) is 14.9. The second-order valence-corrected chi connectivity index (χ2v) is 10.7. The van der Waals surface area contributed by atoms with Gasteiger partial charge in [0.15, 0.2) is 17.2 Å². The van der Waals surface area contributed by atoms with E-state index in [0.717, 1.165) is 71.7 Å². The van der Waals surface area contributed by atoms with Crippen molar-refractivity contribution in [3.05, 3.63) is 105 Å². The summed E-state index contributed by atoms with van der Waals surface area (Å²) in [4.78, 5) is 40.0. The van der Waals surface area contributed by atoms with Crippen LogP contribution in [0.2, 0.25) is 0 Å². The van der Waals surface area contributed by atoms with Gasteiger partial charge in [-0.3, -0.25) is 19.1 Å². The number of fused-ring (bicyclic) bond motifs is 1. The van der Waals surface area contributed by atoms with Gasteiger partial charge < -0.3 is 15.8 Å². The summed E-state index contributed by atoms with van der Waals surface area (Å²) in [5.41, 5.74) is 11.9. The first-order valence-corrected chi connectivity index (χ1v) is 14.9. The normalized spacial score (nSPS) is 15.0. The number of nitrogen functional groups attached to an aromatic ring is 1. The summed E-state index contributed by atoms with van der Waals surface area (Å²) in [5, 5.41) is 3.15. The van der Waals surface area contributed by atoms with Crippen molar-refractivity contribution < 1.29 is 4.74 Å². The number of anilines is 2. The molecule has 44 heavy (non-hydrogen) atoms. The van der Waals surface area contributed by atoms with Crippen molar-refractivity contribution in [2.24, 2.45) is 0 Å². The van der Waals surface area contributed by atoms with E-state index in [1.807, 2.05) is 42.7 Å². The molecular weight excluding hydrogens is 554 g/mol. The molecular formula is C34H35N7O3. The average Bonchev–Trinajstić information content (AvgIpc) is 3.43. The van der Waals surface area contributed by atoms with Gasteiger partial charge in [-0.25, -0.2) is 15.0 Å². The van der Waals surface area contributed by atoms with Gasteiger partial charge in [0.05, 0.1) is 24.4 Å². The molecule has 0 spiro atoms. The van der Waals surface area contributed by atoms with Crippen LogP contribution in [0.3, 0.4) is 0 Å². The van der Waals surface area contributed by atoms with Crippen LogP contribution in [0, 0.1) is 0 Å². The predicted octanol–water partition coefficient (Wildman–Crippen LogP) is 4.73. The fraction of sp³-hybridized carbons (Fsp3) is 0.265. The SMILES string of the molecule is CC.COc1c(NC2CN(Cc3ccc(-n4c(-c5cccnc5N)nc5ccc(C6=CCCC=C6)nc54)cc3)C2)c(=O)c1=O. The summed E-state index contributed by atoms with van der Waals surface area (Å²) in [6.07, 6.45) is 10.2. The zero-order valence-electron chi connectivity index (χ0n) is 25.1. The Kier molecular flexibility index (Phi) is 8.08. The van der Waals surface area contributed by atoms with Crippen molar-refractivity contribution in [1.82, 2.24) is 24.4 Å². The lowest BCUT2D eigenvalue weighted by Crippen LogP contribution is -2.55. The monoisotopic (exact) mass is 589 g/mol. The van der Waals surface area contributed by atoms with E-state index in [0.29, 0.717) is 17.3 Å². The summed E-state index contributed by atoms with van der Waals surface area (Å²) >= 11 is 0. The van der Waals surface area contributed by atoms with E-state index < -0.39 is 10.9 Å². The Balaban J connectivity index is 0.00000168. The fourth-order valence-electron chi connectivity index (χ4n) is 5.65. The maximum absolute atomic E-state index is 11.8. The topological polar surface area (TPSA) is 128 Å². The molecule has 2 aromatic carbocycles. The molecule has 0 unspecified atom stereocenters. The lowest BCUT2D eigenvalue weighted by molar-refractivity contribution is 0.153. The molecule has 10 heteroatoms. The minimum Gasteiger partial charge on any atom is -0.491 e. The molecule has 0 bridgehead atoms. The zero-order valence-corrected chi connectivity index (χ0v) is 25.1. The third-order valence-corrected chi connectivity index (χ3v) is 7.85. The molecule has 1 saturated heterocycles. The van der Waals surface area contributed by atoms with Crippen LogP contribution in [0.4, 0.5) is 11.5 Å². The number of aromatic nitrogens is 4. The largest absolute Gasteiger partial charge is 0.491 e. The molecule has 10 nitrogen and oxygen atoms in total. The number of hydrogen-bond donors (Lipinski definition) is 2. The molecule has 3 aromatic heterocycles. The Bertz CT molecular complexity index is 1940. The first kappa shape index (κ1) is 29.0. The zero-order chi connectivity index (χ0) is 30.8. The summed E-state index contributed by atoms with van der Waals surface area (Å²) in [5.74, 6) is 1.22. The number of nitrogens with one attached hydrogen (secondary N) is 1. The van der Waals surface area contributed by atoms with E-state index in [1.54, 1.807) is 6.20 Å². The third kappa shape index (κ3) is 5.28. The number of nitrogens with zero attached hydrogens (tertiary/aromatic N) is 5. The van der Waals surface area contributed by atoms with Crippen LogP contribution in [-0.2, 0) is 6.54 Å². The molecule has 0 atom stereocenters. The Labute approximate surface area is 255 Å². The highest BCUT2D eigenvalue weighted by atomic mass is 16.5. The number of rotatable bonds is 8. The Morgan fingerprint density at radius 2 is 1.80 bits per heavy atom. The lowest BCUT2D eigenvalue weighted by atomic mass is 10.0. The van der Waals surface area contributed by atoms with Crippen LogP contribution >= 0.6 is 0 Å². The average molecular weight is 590 g/mol. The van der Waals surface area contributed by atoms with E-state index in [4.69, 9.17) is 20.4 Å². The van der Waals surface area contributed by atoms with Crippen LogP contribution < -0.4 is 26.6 Å². The summed E-state index contributed by atoms with van der Waals surface area (Å²) < 4.78 is 7.07. The van der Waals surface area contributed by atoms with Gasteiger partial charge in [-0.1, -0.05) is 44.2 Å². The molecule has 1 aliphatic heterocycles. The van der Waals surface area contributed by atoms with Gasteiger partial charge in [0.25, 0.3) is 10.9 Å². The minimum absolute atomic E-state index is 0.0979. The Morgan fingerprint density at radius 3 is 2.50 bits per heavy atom. The van der Waals surface area contributed by atoms with Crippen molar-refractivity contribution in [2.75, 3.05) is 31.2 Å². The van der Waals surface area contributed by atoms with Crippen molar-refractivity contribution >= 4 is 28.2 Å². The maximum atomic E-state index is 11.8. The van der Waals surface area contributed by atoms with Gasteiger partial charge in [-0.05, 0) is 60.4 Å². The molecule has 0 radical (unpaired) electrons. The van der Waals surface area contributed by atoms with E-state index in [9.17, 15) is 9.59 Å². The highest BCUT2D eigenvalue weighted by Gasteiger charge is 2.31. The van der Waals surface area contributed by atoms with Crippen LogP contribution in [0.1, 0.15) is 37.9 Å². The van der Waals surface area contributed by atoms with Crippen LogP contribution in [0.5, 0.6) is 5.75 Å². The van der Waals surface area contributed by atoms with Gasteiger partial charge >= 0.3 is 0 Å². The number of imidazole rings is 1. The number of nitrogens with two attached hydrogens (primary N) is 1. The van der Waals surface area contributed by atoms with Crippen LogP contribution in [0.25, 0.3) is 33.8 Å². The summed E-state index contributed by atoms with van der Waals surface area (Å²) in [7, 11) is 1.40. The van der Waals surface area contributed by atoms with Crippen molar-refractivity contribution in [2.45, 2.75) is 39.3 Å². The molecule has 224 valence electrons. The number of benzene rings is 1. The Morgan fingerprint density at radius 1 is 1.00 bits per heavy atom. The molecule has 5 aromatic rings. The summed E-state index contributed by atoms with van der Waals surface area (Å²) in [6.45, 7) is 6.28. The lowest BCUT2D eigenvalue weighted by Gasteiger charge is -2.40. The summed E-state index contributed by atoms with van der Waals surface area (Å²) in [6, 6.07) is 16.3. The number of likely N-dealkylation sites (tertiary alicyclic amines) is 1. The number of methoxy groups -OCH3 is 1. The molecule has 0 saturated carbocycles. The van der Waals surface area contributed by atoms with Crippen molar-refractivity contribution in [3.8, 4) is 22.8 Å². The molecule has 4 heterocycles. The highest BCUT2D eigenvalue weighted by Crippen LogP contribution is 2.32. The predicted molar refractivity (Wildman–Crippen MR) is 175 cm³/mol. The van der Waals surface area contributed by atoms with Crippen molar-refractivity contribution in [1.29, 1.82) is 0 Å². The molecule has 1 aliphatic carbocycles. The van der Waals surface area contributed by atoms with Gasteiger partial charge in [-0.2, -0.15) is 0 Å². The minimum atomic E-state index is -0.564. The van der Waals surface area contributed by atoms with Gasteiger partial charge in [0.1, 0.15) is 17.0 Å². The standard InChI is InChI=1S/C32H29N7O3.C2H6/c1-42-29-26(27(40)28(29)41)35-21-17-38(18-21)16-19-9-11-22(12-10-19)39-31(23-8-5-15-34-30(23)33)37-25-14-13-24(36-32(25)39)20-6-3-2-4-7-20;1-2/h3,5-15,21,35H,2,4,16-18H2,1H3,(H2,33,34);1-2H3. The van der Waals surface area contributed by atoms with Gasteiger partial charge in [-0.15, -0.1) is 0 Å².